The summed E-state index contributed by atoms with van der Waals surface area (Å²) in [6, 6.07) is 3.33. The second-order valence-corrected chi connectivity index (χ2v) is 5.53. The number of likely N-dealkylation sites (tertiary alicyclic amines) is 1. The third-order valence-corrected chi connectivity index (χ3v) is 4.03. The van der Waals surface area contributed by atoms with Crippen LogP contribution in [0.4, 0.5) is 8.78 Å². The van der Waals surface area contributed by atoms with Gasteiger partial charge < -0.3 is 0 Å². The fraction of sp³-hybridized carbons (Fsp3) is 0.533. The topological polar surface area (TPSA) is 20.3 Å². The second kappa shape index (κ2) is 5.78. The zero-order chi connectivity index (χ0) is 14.0. The SMILES string of the molecule is CC1CCN(CC(=O)c2ccc(F)c(F)c2)CC1C. The van der Waals surface area contributed by atoms with Crippen LogP contribution in [0.1, 0.15) is 30.6 Å². The maximum Gasteiger partial charge on any atom is 0.176 e. The van der Waals surface area contributed by atoms with Crippen molar-refractivity contribution in [3.8, 4) is 0 Å². The highest BCUT2D eigenvalue weighted by atomic mass is 19.2. The van der Waals surface area contributed by atoms with Gasteiger partial charge in [-0.05, 0) is 43.0 Å². The van der Waals surface area contributed by atoms with E-state index in [1.165, 1.54) is 6.07 Å². The van der Waals surface area contributed by atoms with Gasteiger partial charge in [0.2, 0.25) is 0 Å². The monoisotopic (exact) mass is 267 g/mol. The molecule has 4 heteroatoms. The number of rotatable bonds is 3. The smallest absolute Gasteiger partial charge is 0.176 e. The number of nitrogens with zero attached hydrogens (tertiary/aromatic N) is 1. The Balaban J connectivity index is 1.99. The number of halogens is 2. The van der Waals surface area contributed by atoms with Crippen molar-refractivity contribution in [2.45, 2.75) is 20.3 Å². The Kier molecular flexibility index (Phi) is 4.30. The zero-order valence-corrected chi connectivity index (χ0v) is 11.3. The molecular formula is C15H19F2NO. The van der Waals surface area contributed by atoms with Crippen LogP contribution in [0.5, 0.6) is 0 Å². The van der Waals surface area contributed by atoms with Gasteiger partial charge in [0.25, 0.3) is 0 Å². The summed E-state index contributed by atoms with van der Waals surface area (Å²) in [7, 11) is 0. The summed E-state index contributed by atoms with van der Waals surface area (Å²) in [6.45, 7) is 6.46. The predicted molar refractivity (Wildman–Crippen MR) is 70.1 cm³/mol. The molecule has 1 aromatic carbocycles. The van der Waals surface area contributed by atoms with Crippen LogP contribution in [0.15, 0.2) is 18.2 Å². The lowest BCUT2D eigenvalue weighted by Crippen LogP contribution is -2.41. The molecule has 19 heavy (non-hydrogen) atoms. The van der Waals surface area contributed by atoms with E-state index in [9.17, 15) is 13.6 Å². The third kappa shape index (κ3) is 3.38. The standard InChI is InChI=1S/C15H19F2NO/c1-10-5-6-18(8-11(10)2)9-15(19)12-3-4-13(16)14(17)7-12/h3-4,7,10-11H,5-6,8-9H2,1-2H3. The van der Waals surface area contributed by atoms with Gasteiger partial charge >= 0.3 is 0 Å². The lowest BCUT2D eigenvalue weighted by atomic mass is 9.88. The summed E-state index contributed by atoms with van der Waals surface area (Å²) in [4.78, 5) is 14.1. The molecule has 0 saturated carbocycles. The number of benzene rings is 1. The number of carbonyl (C=O) groups is 1. The minimum atomic E-state index is -0.966. The molecule has 2 atom stereocenters. The summed E-state index contributed by atoms with van der Waals surface area (Å²) in [5.41, 5.74) is 0.241. The third-order valence-electron chi connectivity index (χ3n) is 4.03. The van der Waals surface area contributed by atoms with E-state index < -0.39 is 11.6 Å². The molecule has 2 nitrogen and oxygen atoms in total. The summed E-state index contributed by atoms with van der Waals surface area (Å²) < 4.78 is 25.9. The molecule has 1 aliphatic heterocycles. The Labute approximate surface area is 112 Å². The number of piperidine rings is 1. The van der Waals surface area contributed by atoms with Gasteiger partial charge in [-0.25, -0.2) is 8.78 Å². The van der Waals surface area contributed by atoms with Crippen molar-refractivity contribution in [1.82, 2.24) is 4.90 Å². The van der Waals surface area contributed by atoms with Crippen molar-refractivity contribution in [3.63, 3.8) is 0 Å². The maximum absolute atomic E-state index is 13.1. The molecule has 0 aromatic heterocycles. The van der Waals surface area contributed by atoms with Crippen LogP contribution in [0, 0.1) is 23.5 Å². The van der Waals surface area contributed by atoms with Gasteiger partial charge in [-0.2, -0.15) is 0 Å². The van der Waals surface area contributed by atoms with E-state index in [1.54, 1.807) is 0 Å². The molecular weight excluding hydrogens is 248 g/mol. The molecule has 2 rings (SSSR count). The summed E-state index contributed by atoms with van der Waals surface area (Å²) >= 11 is 0. The molecule has 104 valence electrons. The number of carbonyl (C=O) groups excluding carboxylic acids is 1. The summed E-state index contributed by atoms with van der Waals surface area (Å²) in [5, 5.41) is 0. The Bertz CT molecular complexity index is 475. The predicted octanol–water partition coefficient (Wildman–Crippen LogP) is 3.13. The molecule has 0 N–H and O–H groups in total. The van der Waals surface area contributed by atoms with Gasteiger partial charge in [-0.1, -0.05) is 13.8 Å². The molecule has 0 aliphatic carbocycles. The highest BCUT2D eigenvalue weighted by Crippen LogP contribution is 2.22. The Morgan fingerprint density at radius 1 is 1.26 bits per heavy atom. The van der Waals surface area contributed by atoms with Gasteiger partial charge in [-0.15, -0.1) is 0 Å². The van der Waals surface area contributed by atoms with E-state index in [-0.39, 0.29) is 17.9 Å². The largest absolute Gasteiger partial charge is 0.296 e. The Morgan fingerprint density at radius 2 is 2.00 bits per heavy atom. The highest BCUT2D eigenvalue weighted by Gasteiger charge is 2.24. The molecule has 1 saturated heterocycles. The fourth-order valence-electron chi connectivity index (χ4n) is 2.46. The first-order valence-corrected chi connectivity index (χ1v) is 6.68. The van der Waals surface area contributed by atoms with Gasteiger partial charge in [0, 0.05) is 12.1 Å². The number of ketones is 1. The van der Waals surface area contributed by atoms with Crippen LogP contribution in [-0.2, 0) is 0 Å². The maximum atomic E-state index is 13.1. The van der Waals surface area contributed by atoms with Gasteiger partial charge in [0.05, 0.1) is 6.54 Å². The van der Waals surface area contributed by atoms with Gasteiger partial charge in [0.1, 0.15) is 0 Å². The van der Waals surface area contributed by atoms with Crippen molar-refractivity contribution in [2.75, 3.05) is 19.6 Å². The minimum absolute atomic E-state index is 0.152. The first-order valence-electron chi connectivity index (χ1n) is 6.68. The summed E-state index contributed by atoms with van der Waals surface area (Å²) in [5.74, 6) is -0.801. The van der Waals surface area contributed by atoms with Crippen LogP contribution in [0.25, 0.3) is 0 Å². The quantitative estimate of drug-likeness (QED) is 0.784. The molecule has 1 aliphatic rings. The highest BCUT2D eigenvalue weighted by molar-refractivity contribution is 5.97. The first-order chi connectivity index (χ1) is 8.97. The second-order valence-electron chi connectivity index (χ2n) is 5.53. The molecule has 0 bridgehead atoms. The van der Waals surface area contributed by atoms with Crippen LogP contribution < -0.4 is 0 Å². The van der Waals surface area contributed by atoms with E-state index in [0.717, 1.165) is 31.6 Å². The normalized spacial score (nSPS) is 24.4. The van der Waals surface area contributed by atoms with Crippen molar-refractivity contribution >= 4 is 5.78 Å². The molecule has 0 amide bonds. The lowest BCUT2D eigenvalue weighted by Gasteiger charge is -2.34. The van der Waals surface area contributed by atoms with Crippen molar-refractivity contribution < 1.29 is 13.6 Å². The van der Waals surface area contributed by atoms with Crippen LogP contribution in [0.2, 0.25) is 0 Å². The number of Topliss-reactive ketones (excluding diaryl/α,β-unsaturated/α-hetero) is 1. The average molecular weight is 267 g/mol. The molecule has 0 radical (unpaired) electrons. The Hall–Kier alpha value is -1.29. The minimum Gasteiger partial charge on any atom is -0.296 e. The van der Waals surface area contributed by atoms with E-state index in [4.69, 9.17) is 0 Å². The molecule has 1 aromatic rings. The molecule has 1 fully saturated rings. The van der Waals surface area contributed by atoms with Crippen molar-refractivity contribution in [2.24, 2.45) is 11.8 Å². The lowest BCUT2D eigenvalue weighted by molar-refractivity contribution is 0.0848. The van der Waals surface area contributed by atoms with Crippen molar-refractivity contribution in [1.29, 1.82) is 0 Å². The molecule has 2 unspecified atom stereocenters. The van der Waals surface area contributed by atoms with E-state index in [0.29, 0.717) is 11.8 Å². The average Bonchev–Trinajstić information content (AvgIpc) is 2.37. The Morgan fingerprint density at radius 3 is 2.63 bits per heavy atom. The van der Waals surface area contributed by atoms with E-state index in [1.807, 2.05) is 0 Å². The number of hydrogen-bond acceptors (Lipinski definition) is 2. The van der Waals surface area contributed by atoms with Crippen LogP contribution >= 0.6 is 0 Å². The van der Waals surface area contributed by atoms with Crippen molar-refractivity contribution in [3.05, 3.63) is 35.4 Å². The first kappa shape index (κ1) is 14.1. The zero-order valence-electron chi connectivity index (χ0n) is 11.3. The fourth-order valence-corrected chi connectivity index (χ4v) is 2.46. The van der Waals surface area contributed by atoms with Crippen LogP contribution in [-0.4, -0.2) is 30.3 Å². The van der Waals surface area contributed by atoms with E-state index in [2.05, 4.69) is 18.7 Å². The molecule has 1 heterocycles. The van der Waals surface area contributed by atoms with Crippen LogP contribution in [0.3, 0.4) is 0 Å². The molecule has 0 spiro atoms. The summed E-state index contributed by atoms with van der Waals surface area (Å²) in [6.07, 6.45) is 1.08. The van der Waals surface area contributed by atoms with Gasteiger partial charge in [-0.3, -0.25) is 9.69 Å². The number of hydrogen-bond donors (Lipinski definition) is 0. The van der Waals surface area contributed by atoms with Gasteiger partial charge in [0.15, 0.2) is 17.4 Å². The van der Waals surface area contributed by atoms with E-state index >= 15 is 0 Å².